The molecule has 2 atom stereocenters. The first-order valence-corrected chi connectivity index (χ1v) is 8.36. The smallest absolute Gasteiger partial charge is 0.325 e. The van der Waals surface area contributed by atoms with Crippen molar-refractivity contribution >= 4 is 34.8 Å². The second kappa shape index (κ2) is 6.71. The van der Waals surface area contributed by atoms with Crippen LogP contribution in [0.15, 0.2) is 29.3 Å². The third-order valence-electron chi connectivity index (χ3n) is 3.91. The topological polar surface area (TPSA) is 102 Å². The number of imide groups is 1. The molecule has 10 heteroatoms. The van der Waals surface area contributed by atoms with Gasteiger partial charge in [-0.05, 0) is 17.7 Å². The molecule has 3 rings (SSSR count). The molecule has 1 saturated heterocycles. The van der Waals surface area contributed by atoms with Crippen LogP contribution in [0.25, 0.3) is 0 Å². The van der Waals surface area contributed by atoms with Crippen molar-refractivity contribution in [3.63, 3.8) is 0 Å². The number of likely N-dealkylation sites (N-methyl/N-ethyl adjacent to an activating group) is 1. The van der Waals surface area contributed by atoms with Crippen molar-refractivity contribution in [1.29, 1.82) is 0 Å². The molecule has 2 unspecified atom stereocenters. The molecule has 2 heterocycles. The summed E-state index contributed by atoms with van der Waals surface area (Å²) in [7, 11) is 1.52. The van der Waals surface area contributed by atoms with E-state index in [0.717, 1.165) is 17.3 Å². The highest BCUT2D eigenvalue weighted by atomic mass is 32.2. The molecule has 1 fully saturated rings. The zero-order valence-electron chi connectivity index (χ0n) is 13.2. The van der Waals surface area contributed by atoms with E-state index < -0.39 is 30.1 Å². The van der Waals surface area contributed by atoms with Crippen LogP contribution >= 0.6 is 11.8 Å². The van der Waals surface area contributed by atoms with Gasteiger partial charge in [0.05, 0.1) is 5.75 Å². The van der Waals surface area contributed by atoms with Gasteiger partial charge in [-0.1, -0.05) is 23.9 Å². The summed E-state index contributed by atoms with van der Waals surface area (Å²) >= 11 is 0.978. The number of hydrogen-bond acceptors (Lipinski definition) is 6. The van der Waals surface area contributed by atoms with Crippen molar-refractivity contribution in [2.45, 2.75) is 18.8 Å². The lowest BCUT2D eigenvalue weighted by atomic mass is 10.1. The van der Waals surface area contributed by atoms with Gasteiger partial charge < -0.3 is 14.9 Å². The lowest BCUT2D eigenvalue weighted by molar-refractivity contribution is -0.134. The van der Waals surface area contributed by atoms with Gasteiger partial charge in [0.25, 0.3) is 5.91 Å². The minimum absolute atomic E-state index is 0.225. The Labute approximate surface area is 146 Å². The van der Waals surface area contributed by atoms with Crippen molar-refractivity contribution in [2.24, 2.45) is 4.99 Å². The van der Waals surface area contributed by atoms with E-state index in [9.17, 15) is 18.8 Å². The van der Waals surface area contributed by atoms with Crippen LogP contribution in [0.3, 0.4) is 0 Å². The number of urea groups is 1. The molecule has 0 aromatic heterocycles. The number of carbonyl (C=O) groups is 3. The van der Waals surface area contributed by atoms with E-state index in [1.54, 1.807) is 17.0 Å². The minimum atomic E-state index is -1.02. The average molecular weight is 366 g/mol. The molecule has 2 N–H and O–H groups in total. The third kappa shape index (κ3) is 3.43. The molecular formula is C15H15FN4O4S. The van der Waals surface area contributed by atoms with Crippen LogP contribution in [0.1, 0.15) is 5.56 Å². The van der Waals surface area contributed by atoms with Crippen LogP contribution in [0.5, 0.6) is 0 Å². The second-order valence-corrected chi connectivity index (χ2v) is 6.55. The zero-order valence-corrected chi connectivity index (χ0v) is 14.0. The second-order valence-electron chi connectivity index (χ2n) is 5.61. The predicted molar refractivity (Wildman–Crippen MR) is 88.3 cm³/mol. The first-order valence-electron chi connectivity index (χ1n) is 7.38. The highest BCUT2D eigenvalue weighted by Gasteiger charge is 2.48. The number of amidine groups is 1. The molecule has 1 aromatic rings. The maximum absolute atomic E-state index is 13.1. The van der Waals surface area contributed by atoms with Gasteiger partial charge in [0.1, 0.15) is 5.82 Å². The number of nitrogens with zero attached hydrogens (tertiary/aromatic N) is 3. The van der Waals surface area contributed by atoms with E-state index >= 15 is 0 Å². The molecule has 132 valence electrons. The molecule has 2 aliphatic rings. The molecule has 1 aromatic carbocycles. The Morgan fingerprint density at radius 1 is 1.36 bits per heavy atom. The summed E-state index contributed by atoms with van der Waals surface area (Å²) in [5.41, 5.74) is 0.734. The maximum atomic E-state index is 13.1. The summed E-state index contributed by atoms with van der Waals surface area (Å²) in [6.07, 6.45) is -0.724. The Morgan fingerprint density at radius 3 is 2.68 bits per heavy atom. The number of amides is 3. The number of thioether (sulfide) groups is 1. The molecular weight excluding hydrogens is 351 g/mol. The normalized spacial score (nSPS) is 22.6. The Morgan fingerprint density at radius 2 is 2.04 bits per heavy atom. The SMILES string of the molecule is CN1C(=O)NC(=O)C2C1N=C(SCC(=O)O)N2Cc1ccc(F)cc1. The minimum Gasteiger partial charge on any atom is -0.481 e. The molecule has 2 aliphatic heterocycles. The molecule has 0 bridgehead atoms. The van der Waals surface area contributed by atoms with Crippen LogP contribution in [0, 0.1) is 5.82 Å². The average Bonchev–Trinajstić information content (AvgIpc) is 2.92. The van der Waals surface area contributed by atoms with Gasteiger partial charge >= 0.3 is 12.0 Å². The van der Waals surface area contributed by atoms with E-state index in [0.29, 0.717) is 5.17 Å². The molecule has 25 heavy (non-hydrogen) atoms. The van der Waals surface area contributed by atoms with Crippen molar-refractivity contribution in [3.05, 3.63) is 35.6 Å². The van der Waals surface area contributed by atoms with Gasteiger partial charge in [0.2, 0.25) is 0 Å². The number of halogens is 1. The maximum Gasteiger partial charge on any atom is 0.325 e. The molecule has 8 nitrogen and oxygen atoms in total. The number of carbonyl (C=O) groups excluding carboxylic acids is 2. The van der Waals surface area contributed by atoms with Gasteiger partial charge in [-0.15, -0.1) is 0 Å². The van der Waals surface area contributed by atoms with E-state index in [-0.39, 0.29) is 18.1 Å². The largest absolute Gasteiger partial charge is 0.481 e. The van der Waals surface area contributed by atoms with Crippen molar-refractivity contribution in [3.8, 4) is 0 Å². The number of hydrogen-bond donors (Lipinski definition) is 2. The van der Waals surface area contributed by atoms with Crippen LogP contribution < -0.4 is 5.32 Å². The number of benzene rings is 1. The van der Waals surface area contributed by atoms with E-state index in [1.807, 2.05) is 0 Å². The fourth-order valence-corrected chi connectivity index (χ4v) is 3.48. The number of rotatable bonds is 4. The Kier molecular flexibility index (Phi) is 4.62. The zero-order chi connectivity index (χ0) is 18.1. The Hall–Kier alpha value is -2.62. The van der Waals surface area contributed by atoms with Crippen LogP contribution in [0.2, 0.25) is 0 Å². The lowest BCUT2D eigenvalue weighted by Crippen LogP contribution is -2.63. The van der Waals surface area contributed by atoms with Crippen molar-refractivity contribution in [2.75, 3.05) is 12.8 Å². The highest BCUT2D eigenvalue weighted by molar-refractivity contribution is 8.14. The van der Waals surface area contributed by atoms with Gasteiger partial charge in [-0.3, -0.25) is 14.9 Å². The molecule has 0 spiro atoms. The first kappa shape index (κ1) is 17.2. The van der Waals surface area contributed by atoms with Crippen LogP contribution in [0.4, 0.5) is 9.18 Å². The van der Waals surface area contributed by atoms with E-state index in [2.05, 4.69) is 10.3 Å². The van der Waals surface area contributed by atoms with Crippen molar-refractivity contribution in [1.82, 2.24) is 15.1 Å². The number of carboxylic acids is 1. The highest BCUT2D eigenvalue weighted by Crippen LogP contribution is 2.30. The number of fused-ring (bicyclic) bond motifs is 1. The van der Waals surface area contributed by atoms with Crippen molar-refractivity contribution < 1.29 is 23.9 Å². The van der Waals surface area contributed by atoms with Gasteiger partial charge in [0, 0.05) is 13.6 Å². The summed E-state index contributed by atoms with van der Waals surface area (Å²) in [6, 6.07) is 4.46. The first-order chi connectivity index (χ1) is 11.9. The molecule has 0 saturated carbocycles. The quantitative estimate of drug-likeness (QED) is 0.813. The standard InChI is InChI=1S/C15H15FN4O4S/c1-19-12-11(13(23)18-14(19)24)20(15(17-12)25-7-10(21)22)6-8-2-4-9(16)5-3-8/h2-5,11-12H,6-7H2,1H3,(H,21,22)(H,18,23,24). The number of aliphatic carboxylic acids is 1. The lowest BCUT2D eigenvalue weighted by Gasteiger charge is -2.36. The fraction of sp³-hybridized carbons (Fsp3) is 0.333. The van der Waals surface area contributed by atoms with E-state index in [4.69, 9.17) is 5.11 Å². The summed E-state index contributed by atoms with van der Waals surface area (Å²) in [4.78, 5) is 42.3. The molecule has 3 amide bonds. The molecule has 0 aliphatic carbocycles. The van der Waals surface area contributed by atoms with Crippen LogP contribution in [-0.4, -0.2) is 63.0 Å². The predicted octanol–water partition coefficient (Wildman–Crippen LogP) is 0.691. The van der Waals surface area contributed by atoms with Crippen LogP contribution in [-0.2, 0) is 16.1 Å². The summed E-state index contributed by atoms with van der Waals surface area (Å²) in [6.45, 7) is 0.238. The fourth-order valence-electron chi connectivity index (χ4n) is 2.70. The summed E-state index contributed by atoms with van der Waals surface area (Å²) in [5.74, 6) is -2.11. The summed E-state index contributed by atoms with van der Waals surface area (Å²) in [5, 5.41) is 11.5. The van der Waals surface area contributed by atoms with Gasteiger partial charge in [-0.25, -0.2) is 14.2 Å². The molecule has 0 radical (unpaired) electrons. The Balaban J connectivity index is 1.89. The number of carboxylic acid groups (broad SMARTS) is 1. The third-order valence-corrected chi connectivity index (χ3v) is 4.90. The number of aliphatic imine (C=N–C) groups is 1. The number of nitrogens with one attached hydrogen (secondary N) is 1. The summed E-state index contributed by atoms with van der Waals surface area (Å²) < 4.78 is 13.1. The van der Waals surface area contributed by atoms with E-state index in [1.165, 1.54) is 24.1 Å². The Bertz CT molecular complexity index is 754. The van der Waals surface area contributed by atoms with Gasteiger partial charge in [0.15, 0.2) is 17.4 Å². The van der Waals surface area contributed by atoms with Gasteiger partial charge in [-0.2, -0.15) is 0 Å². The monoisotopic (exact) mass is 366 g/mol.